The van der Waals surface area contributed by atoms with Crippen LogP contribution in [0.1, 0.15) is 38.7 Å². The van der Waals surface area contributed by atoms with E-state index in [2.05, 4.69) is 23.9 Å². The summed E-state index contributed by atoms with van der Waals surface area (Å²) >= 11 is 0. The Balaban J connectivity index is 1.82. The van der Waals surface area contributed by atoms with Gasteiger partial charge in [0.25, 0.3) is 15.9 Å². The molecule has 2 atom stereocenters. The van der Waals surface area contributed by atoms with Gasteiger partial charge in [0.2, 0.25) is 0 Å². The number of benzene rings is 2. The molecule has 1 heterocycles. The molecule has 0 radical (unpaired) electrons. The van der Waals surface area contributed by atoms with Crippen molar-refractivity contribution in [3.63, 3.8) is 0 Å². The highest BCUT2D eigenvalue weighted by Gasteiger charge is 2.24. The normalized spacial score (nSPS) is 17.7. The third-order valence-corrected chi connectivity index (χ3v) is 5.93. The summed E-state index contributed by atoms with van der Waals surface area (Å²) < 4.78 is 33.2. The van der Waals surface area contributed by atoms with Crippen molar-refractivity contribution in [1.29, 1.82) is 0 Å². The van der Waals surface area contributed by atoms with Crippen LogP contribution in [0.3, 0.4) is 0 Å². The van der Waals surface area contributed by atoms with Gasteiger partial charge < -0.3 is 10.1 Å². The number of hydrogen-bond donors (Lipinski definition) is 2. The lowest BCUT2D eigenvalue weighted by Crippen LogP contribution is -2.34. The van der Waals surface area contributed by atoms with E-state index in [0.717, 1.165) is 12.0 Å². The van der Waals surface area contributed by atoms with Gasteiger partial charge in [-0.05, 0) is 55.2 Å². The first-order valence-electron chi connectivity index (χ1n) is 8.54. The van der Waals surface area contributed by atoms with Crippen LogP contribution in [0.5, 0.6) is 5.75 Å². The van der Waals surface area contributed by atoms with E-state index in [-0.39, 0.29) is 10.8 Å². The zero-order valence-electron chi connectivity index (χ0n) is 14.9. The van der Waals surface area contributed by atoms with Gasteiger partial charge in [-0.15, -0.1) is 0 Å². The largest absolute Gasteiger partial charge is 0.479 e. The van der Waals surface area contributed by atoms with Gasteiger partial charge in [-0.1, -0.05) is 26.0 Å². The predicted octanol–water partition coefficient (Wildman–Crippen LogP) is 3.72. The molecule has 0 saturated heterocycles. The van der Waals surface area contributed by atoms with E-state index in [4.69, 9.17) is 4.74 Å². The van der Waals surface area contributed by atoms with Crippen LogP contribution in [-0.4, -0.2) is 20.4 Å². The van der Waals surface area contributed by atoms with Gasteiger partial charge in [-0.2, -0.15) is 0 Å². The predicted molar refractivity (Wildman–Crippen MR) is 101 cm³/mol. The zero-order valence-corrected chi connectivity index (χ0v) is 15.8. The highest BCUT2D eigenvalue weighted by atomic mass is 32.2. The summed E-state index contributed by atoms with van der Waals surface area (Å²) in [6, 6.07) is 11.7. The van der Waals surface area contributed by atoms with Crippen molar-refractivity contribution in [2.75, 3.05) is 10.0 Å². The average Bonchev–Trinajstić information content (AvgIpc) is 2.62. The van der Waals surface area contributed by atoms with Gasteiger partial charge in [0.05, 0.1) is 16.3 Å². The fraction of sp³-hybridized carbons (Fsp3) is 0.316. The molecule has 0 spiro atoms. The summed E-state index contributed by atoms with van der Waals surface area (Å²) in [6.45, 7) is 5.85. The number of sulfonamides is 1. The first kappa shape index (κ1) is 18.3. The Labute approximate surface area is 153 Å². The van der Waals surface area contributed by atoms with E-state index in [0.29, 0.717) is 23.0 Å². The molecule has 2 N–H and O–H groups in total. The molecule has 26 heavy (non-hydrogen) atoms. The van der Waals surface area contributed by atoms with E-state index < -0.39 is 16.1 Å². The van der Waals surface area contributed by atoms with E-state index in [1.807, 2.05) is 12.1 Å². The molecule has 1 amide bonds. The third-order valence-electron chi connectivity index (χ3n) is 4.53. The molecule has 0 aliphatic carbocycles. The molecular formula is C19H22N2O4S. The SMILES string of the molecule is CCC(C)c1ccc(S(=O)(=O)Nc2ccc3c(c2)NC(=O)C(C)O3)cc1. The Kier molecular flexibility index (Phi) is 4.91. The first-order chi connectivity index (χ1) is 12.3. The molecular weight excluding hydrogens is 352 g/mol. The lowest BCUT2D eigenvalue weighted by molar-refractivity contribution is -0.122. The Morgan fingerprint density at radius 1 is 1.19 bits per heavy atom. The number of carbonyl (C=O) groups is 1. The van der Waals surface area contributed by atoms with Gasteiger partial charge in [0.15, 0.2) is 6.10 Å². The van der Waals surface area contributed by atoms with Crippen molar-refractivity contribution in [2.24, 2.45) is 0 Å². The highest BCUT2D eigenvalue weighted by Crippen LogP contribution is 2.33. The number of nitrogens with one attached hydrogen (secondary N) is 2. The average molecular weight is 374 g/mol. The van der Waals surface area contributed by atoms with Crippen LogP contribution >= 0.6 is 0 Å². The smallest absolute Gasteiger partial charge is 0.265 e. The summed E-state index contributed by atoms with van der Waals surface area (Å²) in [5, 5.41) is 2.70. The van der Waals surface area contributed by atoms with Gasteiger partial charge in [-0.25, -0.2) is 8.42 Å². The van der Waals surface area contributed by atoms with Crippen LogP contribution in [0, 0.1) is 0 Å². The topological polar surface area (TPSA) is 84.5 Å². The molecule has 138 valence electrons. The fourth-order valence-corrected chi connectivity index (χ4v) is 3.75. The number of anilines is 2. The van der Waals surface area contributed by atoms with Crippen molar-refractivity contribution in [2.45, 2.75) is 44.1 Å². The number of ether oxygens (including phenoxy) is 1. The van der Waals surface area contributed by atoms with Crippen molar-refractivity contribution >= 4 is 27.3 Å². The van der Waals surface area contributed by atoms with Gasteiger partial charge in [0, 0.05) is 0 Å². The molecule has 2 unspecified atom stereocenters. The maximum Gasteiger partial charge on any atom is 0.265 e. The van der Waals surface area contributed by atoms with Crippen LogP contribution in [0.2, 0.25) is 0 Å². The number of rotatable bonds is 5. The summed E-state index contributed by atoms with van der Waals surface area (Å²) in [5.74, 6) is 0.627. The Morgan fingerprint density at radius 2 is 1.88 bits per heavy atom. The molecule has 1 aliphatic rings. The quantitative estimate of drug-likeness (QED) is 0.835. The Bertz CT molecular complexity index is 923. The molecule has 1 aliphatic heterocycles. The first-order valence-corrected chi connectivity index (χ1v) is 10.0. The van der Waals surface area contributed by atoms with Crippen LogP contribution in [0.25, 0.3) is 0 Å². The lowest BCUT2D eigenvalue weighted by Gasteiger charge is -2.23. The van der Waals surface area contributed by atoms with Crippen LogP contribution < -0.4 is 14.8 Å². The monoisotopic (exact) mass is 374 g/mol. The summed E-state index contributed by atoms with van der Waals surface area (Å²) in [6.07, 6.45) is 0.417. The molecule has 0 fully saturated rings. The minimum atomic E-state index is -3.72. The second kappa shape index (κ2) is 6.99. The lowest BCUT2D eigenvalue weighted by atomic mass is 9.99. The van der Waals surface area contributed by atoms with Crippen molar-refractivity contribution < 1.29 is 17.9 Å². The van der Waals surface area contributed by atoms with Crippen molar-refractivity contribution in [1.82, 2.24) is 0 Å². The standard InChI is InChI=1S/C19H22N2O4S/c1-4-12(2)14-5-8-16(9-6-14)26(23,24)21-15-7-10-18-17(11-15)20-19(22)13(3)25-18/h5-13,21H,4H2,1-3H3,(H,20,22). The molecule has 0 bridgehead atoms. The molecule has 0 aromatic heterocycles. The molecule has 3 rings (SSSR count). The maximum absolute atomic E-state index is 12.6. The number of hydrogen-bond acceptors (Lipinski definition) is 4. The van der Waals surface area contributed by atoms with E-state index in [9.17, 15) is 13.2 Å². The van der Waals surface area contributed by atoms with E-state index in [1.54, 1.807) is 37.3 Å². The van der Waals surface area contributed by atoms with Gasteiger partial charge in [-0.3, -0.25) is 9.52 Å². The van der Waals surface area contributed by atoms with Crippen LogP contribution in [-0.2, 0) is 14.8 Å². The summed E-state index contributed by atoms with van der Waals surface area (Å²) in [7, 11) is -3.72. The number of carbonyl (C=O) groups excluding carboxylic acids is 1. The zero-order chi connectivity index (χ0) is 18.9. The van der Waals surface area contributed by atoms with Crippen molar-refractivity contribution in [3.8, 4) is 5.75 Å². The van der Waals surface area contributed by atoms with Gasteiger partial charge in [0.1, 0.15) is 5.75 Å². The fourth-order valence-electron chi connectivity index (χ4n) is 2.70. The van der Waals surface area contributed by atoms with E-state index in [1.165, 1.54) is 0 Å². The number of fused-ring (bicyclic) bond motifs is 1. The molecule has 7 heteroatoms. The highest BCUT2D eigenvalue weighted by molar-refractivity contribution is 7.92. The molecule has 2 aromatic carbocycles. The van der Waals surface area contributed by atoms with Crippen molar-refractivity contribution in [3.05, 3.63) is 48.0 Å². The molecule has 2 aromatic rings. The Hall–Kier alpha value is -2.54. The number of amides is 1. The van der Waals surface area contributed by atoms with Crippen LogP contribution in [0.4, 0.5) is 11.4 Å². The Morgan fingerprint density at radius 3 is 2.54 bits per heavy atom. The molecule has 0 saturated carbocycles. The minimum absolute atomic E-state index is 0.191. The summed E-state index contributed by atoms with van der Waals surface area (Å²) in [4.78, 5) is 11.9. The van der Waals surface area contributed by atoms with Crippen LogP contribution in [0.15, 0.2) is 47.4 Å². The molecule has 6 nitrogen and oxygen atoms in total. The summed E-state index contributed by atoms with van der Waals surface area (Å²) in [5.41, 5.74) is 1.91. The minimum Gasteiger partial charge on any atom is -0.479 e. The second-order valence-electron chi connectivity index (χ2n) is 6.44. The third kappa shape index (κ3) is 3.67. The van der Waals surface area contributed by atoms with E-state index >= 15 is 0 Å². The maximum atomic E-state index is 12.6. The van der Waals surface area contributed by atoms with Gasteiger partial charge >= 0.3 is 0 Å². The second-order valence-corrected chi connectivity index (χ2v) is 8.13.